The van der Waals surface area contributed by atoms with Gasteiger partial charge in [-0.15, -0.1) is 0 Å². The van der Waals surface area contributed by atoms with E-state index in [0.29, 0.717) is 17.0 Å². The Balaban J connectivity index is 1.78. The Morgan fingerprint density at radius 1 is 1.06 bits per heavy atom. The molecule has 1 aromatic carbocycles. The molecule has 4 aromatic rings. The zero-order chi connectivity index (χ0) is 24.4. The van der Waals surface area contributed by atoms with Gasteiger partial charge in [0.15, 0.2) is 0 Å². The van der Waals surface area contributed by atoms with E-state index in [2.05, 4.69) is 44.0 Å². The summed E-state index contributed by atoms with van der Waals surface area (Å²) in [6, 6.07) is 5.96. The van der Waals surface area contributed by atoms with Crippen LogP contribution >= 0.6 is 0 Å². The maximum Gasteiger partial charge on any atom is 0.253 e. The van der Waals surface area contributed by atoms with Crippen molar-refractivity contribution in [2.45, 2.75) is 60.5 Å². The van der Waals surface area contributed by atoms with Crippen molar-refractivity contribution in [2.24, 2.45) is 0 Å². The molecule has 176 valence electrons. The van der Waals surface area contributed by atoms with Crippen LogP contribution < -0.4 is 10.9 Å². The van der Waals surface area contributed by atoms with E-state index in [0.717, 1.165) is 58.2 Å². The molecule has 1 amide bonds. The van der Waals surface area contributed by atoms with Crippen molar-refractivity contribution in [3.63, 3.8) is 0 Å². The maximum atomic E-state index is 13.5. The summed E-state index contributed by atoms with van der Waals surface area (Å²) in [6.07, 6.45) is 7.37. The fourth-order valence-corrected chi connectivity index (χ4v) is 4.51. The Morgan fingerprint density at radius 3 is 2.47 bits per heavy atom. The Morgan fingerprint density at radius 2 is 1.79 bits per heavy atom. The summed E-state index contributed by atoms with van der Waals surface area (Å²) in [5.74, 6) is 0.488. The predicted octanol–water partition coefficient (Wildman–Crippen LogP) is 4.61. The standard InChI is InChI=1S/C27H31N5O2/c1-6-8-32-15-16(3)25-22(10-20(11-24(25)32)21-12-28-18(5)29-13-21)26(33)30-14-23-19(7-2)9-17(4)31-27(23)34/h9-13,15H,6-8,14H2,1-5H3,(H,30,33)(H,31,34). The molecular formula is C27H31N5O2. The van der Waals surface area contributed by atoms with Crippen LogP contribution in [0.15, 0.2) is 41.6 Å². The lowest BCUT2D eigenvalue weighted by Crippen LogP contribution is -2.28. The molecule has 0 aliphatic heterocycles. The number of benzene rings is 1. The van der Waals surface area contributed by atoms with Crippen LogP contribution in [0.5, 0.6) is 0 Å². The van der Waals surface area contributed by atoms with E-state index >= 15 is 0 Å². The zero-order valence-corrected chi connectivity index (χ0v) is 20.5. The number of nitrogens with one attached hydrogen (secondary N) is 2. The van der Waals surface area contributed by atoms with Crippen molar-refractivity contribution < 1.29 is 4.79 Å². The van der Waals surface area contributed by atoms with Crippen LogP contribution in [-0.4, -0.2) is 25.4 Å². The number of carbonyl (C=O) groups is 1. The molecule has 0 unspecified atom stereocenters. The number of amides is 1. The highest BCUT2D eigenvalue weighted by atomic mass is 16.1. The van der Waals surface area contributed by atoms with Crippen molar-refractivity contribution in [2.75, 3.05) is 0 Å². The molecule has 0 fully saturated rings. The van der Waals surface area contributed by atoms with Gasteiger partial charge in [0.2, 0.25) is 0 Å². The molecule has 0 spiro atoms. The summed E-state index contributed by atoms with van der Waals surface area (Å²) in [6.45, 7) is 10.9. The predicted molar refractivity (Wildman–Crippen MR) is 135 cm³/mol. The molecule has 0 bridgehead atoms. The lowest BCUT2D eigenvalue weighted by molar-refractivity contribution is 0.0952. The van der Waals surface area contributed by atoms with Gasteiger partial charge in [0.1, 0.15) is 5.82 Å². The van der Waals surface area contributed by atoms with Crippen LogP contribution in [0.2, 0.25) is 0 Å². The number of nitrogens with zero attached hydrogens (tertiary/aromatic N) is 3. The molecule has 7 heteroatoms. The first-order chi connectivity index (χ1) is 16.3. The summed E-state index contributed by atoms with van der Waals surface area (Å²) < 4.78 is 2.19. The van der Waals surface area contributed by atoms with Crippen molar-refractivity contribution in [1.29, 1.82) is 0 Å². The number of aromatic nitrogens is 4. The van der Waals surface area contributed by atoms with E-state index in [9.17, 15) is 9.59 Å². The summed E-state index contributed by atoms with van der Waals surface area (Å²) in [5.41, 5.74) is 6.58. The topological polar surface area (TPSA) is 92.7 Å². The van der Waals surface area contributed by atoms with Crippen LogP contribution in [-0.2, 0) is 19.5 Å². The molecule has 2 N–H and O–H groups in total. The number of fused-ring (bicyclic) bond motifs is 1. The molecule has 3 aromatic heterocycles. The SMILES string of the molecule is CCCn1cc(C)c2c(C(=O)NCc3c(CC)cc(C)[nH]c3=O)cc(-c3cnc(C)nc3)cc21. The zero-order valence-electron chi connectivity index (χ0n) is 20.5. The van der Waals surface area contributed by atoms with Gasteiger partial charge in [-0.1, -0.05) is 13.8 Å². The number of aryl methyl sites for hydroxylation is 5. The van der Waals surface area contributed by atoms with Crippen molar-refractivity contribution in [3.05, 3.63) is 80.9 Å². The van der Waals surface area contributed by atoms with E-state index in [1.165, 1.54) is 0 Å². The highest BCUT2D eigenvalue weighted by molar-refractivity contribution is 6.09. The lowest BCUT2D eigenvalue weighted by Gasteiger charge is -2.13. The van der Waals surface area contributed by atoms with E-state index in [-0.39, 0.29) is 18.0 Å². The van der Waals surface area contributed by atoms with Crippen LogP contribution in [0.25, 0.3) is 22.0 Å². The smallest absolute Gasteiger partial charge is 0.253 e. The molecule has 0 aliphatic rings. The quantitative estimate of drug-likeness (QED) is 0.424. The summed E-state index contributed by atoms with van der Waals surface area (Å²) in [7, 11) is 0. The van der Waals surface area contributed by atoms with E-state index < -0.39 is 0 Å². The molecule has 4 rings (SSSR count). The second-order valence-electron chi connectivity index (χ2n) is 8.76. The van der Waals surface area contributed by atoms with Crippen molar-refractivity contribution in [3.8, 4) is 11.1 Å². The van der Waals surface area contributed by atoms with Crippen LogP contribution in [0.3, 0.4) is 0 Å². The van der Waals surface area contributed by atoms with Crippen molar-refractivity contribution >= 4 is 16.8 Å². The van der Waals surface area contributed by atoms with Gasteiger partial charge in [-0.25, -0.2) is 9.97 Å². The molecule has 0 saturated heterocycles. The highest BCUT2D eigenvalue weighted by Gasteiger charge is 2.19. The minimum Gasteiger partial charge on any atom is -0.348 e. The van der Waals surface area contributed by atoms with Gasteiger partial charge >= 0.3 is 0 Å². The van der Waals surface area contributed by atoms with Gasteiger partial charge in [-0.3, -0.25) is 9.59 Å². The van der Waals surface area contributed by atoms with E-state index in [1.54, 1.807) is 12.4 Å². The van der Waals surface area contributed by atoms with Gasteiger partial charge in [0.05, 0.1) is 0 Å². The number of H-pyrrole nitrogens is 1. The Kier molecular flexibility index (Phi) is 6.63. The third-order valence-electron chi connectivity index (χ3n) is 6.16. The van der Waals surface area contributed by atoms with Gasteiger partial charge < -0.3 is 14.9 Å². The average molecular weight is 458 g/mol. The fraction of sp³-hybridized carbons (Fsp3) is 0.333. The molecule has 0 saturated carbocycles. The first kappa shape index (κ1) is 23.4. The summed E-state index contributed by atoms with van der Waals surface area (Å²) >= 11 is 0. The van der Waals surface area contributed by atoms with Crippen LogP contribution in [0, 0.1) is 20.8 Å². The van der Waals surface area contributed by atoms with E-state index in [1.807, 2.05) is 39.8 Å². The average Bonchev–Trinajstić information content (AvgIpc) is 3.13. The number of carbonyl (C=O) groups excluding carboxylic acids is 1. The number of pyridine rings is 1. The molecular weight excluding hydrogens is 426 g/mol. The summed E-state index contributed by atoms with van der Waals surface area (Å²) in [4.78, 5) is 37.6. The Labute approximate surface area is 199 Å². The van der Waals surface area contributed by atoms with Crippen molar-refractivity contribution in [1.82, 2.24) is 24.8 Å². The first-order valence-corrected chi connectivity index (χ1v) is 11.7. The van der Waals surface area contributed by atoms with Gasteiger partial charge in [-0.05, 0) is 68.5 Å². The van der Waals surface area contributed by atoms with Gasteiger partial charge in [-0.2, -0.15) is 0 Å². The largest absolute Gasteiger partial charge is 0.348 e. The Bertz CT molecular complexity index is 1410. The lowest BCUT2D eigenvalue weighted by atomic mass is 9.99. The van der Waals surface area contributed by atoms with Gasteiger partial charge in [0, 0.05) is 65.0 Å². The third-order valence-corrected chi connectivity index (χ3v) is 6.16. The maximum absolute atomic E-state index is 13.5. The molecule has 0 atom stereocenters. The molecule has 3 heterocycles. The fourth-order valence-electron chi connectivity index (χ4n) is 4.51. The summed E-state index contributed by atoms with van der Waals surface area (Å²) in [5, 5.41) is 3.93. The highest BCUT2D eigenvalue weighted by Crippen LogP contribution is 2.31. The minimum absolute atomic E-state index is 0.155. The second-order valence-corrected chi connectivity index (χ2v) is 8.76. The molecule has 7 nitrogen and oxygen atoms in total. The van der Waals surface area contributed by atoms with Crippen LogP contribution in [0.1, 0.15) is 58.8 Å². The first-order valence-electron chi connectivity index (χ1n) is 11.7. The number of rotatable bonds is 7. The number of hydrogen-bond donors (Lipinski definition) is 2. The third kappa shape index (κ3) is 4.51. The molecule has 34 heavy (non-hydrogen) atoms. The monoisotopic (exact) mass is 457 g/mol. The Hall–Kier alpha value is -3.74. The van der Waals surface area contributed by atoms with E-state index in [4.69, 9.17) is 0 Å². The number of aromatic amines is 1. The minimum atomic E-state index is -0.209. The normalized spacial score (nSPS) is 11.2. The number of hydrogen-bond acceptors (Lipinski definition) is 4. The molecule has 0 aliphatic carbocycles. The molecule has 0 radical (unpaired) electrons. The van der Waals surface area contributed by atoms with Gasteiger partial charge in [0.25, 0.3) is 11.5 Å². The second kappa shape index (κ2) is 9.63. The van der Waals surface area contributed by atoms with Crippen LogP contribution in [0.4, 0.5) is 0 Å².